The molecule has 0 radical (unpaired) electrons. The van der Waals surface area contributed by atoms with Crippen molar-refractivity contribution in [3.8, 4) is 5.88 Å². The molecular formula is C25H27ClFN5O2S. The molecular weight excluding hydrogens is 489 g/mol. The first-order valence-electron chi connectivity index (χ1n) is 10.7. The zero-order valence-corrected chi connectivity index (χ0v) is 21.7. The average molecular weight is 516 g/mol. The fraction of sp³-hybridized carbons (Fsp3) is 0.200. The fourth-order valence-electron chi connectivity index (χ4n) is 2.69. The van der Waals surface area contributed by atoms with Crippen molar-refractivity contribution >= 4 is 52.7 Å². The third kappa shape index (κ3) is 8.70. The number of amides is 1. The Morgan fingerprint density at radius 3 is 2.63 bits per heavy atom. The Morgan fingerprint density at radius 1 is 1.17 bits per heavy atom. The number of pyridine rings is 2. The Kier molecular flexibility index (Phi) is 11.2. The largest absolute Gasteiger partial charge is 0.480 e. The van der Waals surface area contributed by atoms with Crippen LogP contribution in [0.5, 0.6) is 5.88 Å². The van der Waals surface area contributed by atoms with Crippen LogP contribution in [0.4, 0.5) is 15.9 Å². The van der Waals surface area contributed by atoms with Crippen molar-refractivity contribution in [1.29, 1.82) is 0 Å². The number of carbonyl (C=O) groups is 1. The molecule has 0 atom stereocenters. The lowest BCUT2D eigenvalue weighted by molar-refractivity contribution is -0.114. The van der Waals surface area contributed by atoms with Gasteiger partial charge in [0.2, 0.25) is 11.8 Å². The number of hydrogen-bond acceptors (Lipinski definition) is 7. The zero-order chi connectivity index (χ0) is 25.8. The summed E-state index contributed by atoms with van der Waals surface area (Å²) in [6, 6.07) is 3.36. The average Bonchev–Trinajstić information content (AvgIpc) is 2.82. The summed E-state index contributed by atoms with van der Waals surface area (Å²) < 4.78 is 24.4. The van der Waals surface area contributed by atoms with Gasteiger partial charge in [-0.3, -0.25) is 4.79 Å². The van der Waals surface area contributed by atoms with Gasteiger partial charge in [-0.1, -0.05) is 43.7 Å². The molecule has 10 heteroatoms. The van der Waals surface area contributed by atoms with Gasteiger partial charge in [-0.05, 0) is 31.2 Å². The summed E-state index contributed by atoms with van der Waals surface area (Å²) in [6.45, 7) is 7.27. The highest BCUT2D eigenvalue weighted by atomic mass is 35.5. The van der Waals surface area contributed by atoms with Crippen molar-refractivity contribution in [2.45, 2.75) is 32.6 Å². The van der Waals surface area contributed by atoms with Gasteiger partial charge in [-0.15, -0.1) is 0 Å². The minimum atomic E-state index is -0.534. The first-order valence-corrected chi connectivity index (χ1v) is 11.9. The second-order valence-electron chi connectivity index (χ2n) is 6.77. The van der Waals surface area contributed by atoms with Gasteiger partial charge in [0.05, 0.1) is 22.7 Å². The highest BCUT2D eigenvalue weighted by Gasteiger charge is 2.10. The number of nitrogens with one attached hydrogen (secondary N) is 2. The van der Waals surface area contributed by atoms with Gasteiger partial charge in [0, 0.05) is 48.6 Å². The number of allylic oxidation sites excluding steroid dienone is 7. The summed E-state index contributed by atoms with van der Waals surface area (Å²) in [5, 5.41) is 6.34. The van der Waals surface area contributed by atoms with Crippen molar-refractivity contribution in [3.05, 3.63) is 77.0 Å². The van der Waals surface area contributed by atoms with E-state index in [-0.39, 0.29) is 11.6 Å². The Bertz CT molecular complexity index is 1210. The summed E-state index contributed by atoms with van der Waals surface area (Å²) in [5.41, 5.74) is 2.34. The maximum atomic E-state index is 14.9. The predicted molar refractivity (Wildman–Crippen MR) is 144 cm³/mol. The van der Waals surface area contributed by atoms with Crippen LogP contribution in [-0.2, 0) is 4.79 Å². The Hall–Kier alpha value is -3.43. The molecule has 0 fully saturated rings. The highest BCUT2D eigenvalue weighted by Crippen LogP contribution is 2.31. The number of ether oxygens (including phenoxy) is 1. The van der Waals surface area contributed by atoms with Crippen LogP contribution in [0.25, 0.3) is 6.08 Å². The van der Waals surface area contributed by atoms with E-state index in [0.717, 1.165) is 17.6 Å². The number of rotatable bonds is 4. The first kappa shape index (κ1) is 27.8. The highest BCUT2D eigenvalue weighted by molar-refractivity contribution is 7.98. The number of nitrogens with zero attached hydrogens (tertiary/aromatic N) is 3. The Morgan fingerprint density at radius 2 is 1.91 bits per heavy atom. The number of methoxy groups -OCH3 is 1. The maximum absolute atomic E-state index is 14.9. The van der Waals surface area contributed by atoms with Crippen LogP contribution in [0.1, 0.15) is 33.3 Å². The van der Waals surface area contributed by atoms with E-state index in [0.29, 0.717) is 32.9 Å². The van der Waals surface area contributed by atoms with Crippen LogP contribution < -0.4 is 15.4 Å². The van der Waals surface area contributed by atoms with Crippen LogP contribution in [0, 0.1) is 0 Å². The molecule has 0 bridgehead atoms. The summed E-state index contributed by atoms with van der Waals surface area (Å²) in [6.07, 6.45) is 12.7. The topological polar surface area (TPSA) is 88.5 Å². The summed E-state index contributed by atoms with van der Waals surface area (Å²) in [4.78, 5) is 20.2. The van der Waals surface area contributed by atoms with Gasteiger partial charge in [0.15, 0.2) is 0 Å². The van der Waals surface area contributed by atoms with Crippen LogP contribution >= 0.6 is 23.5 Å². The monoisotopic (exact) mass is 515 g/mol. The molecule has 7 nitrogen and oxygen atoms in total. The van der Waals surface area contributed by atoms with Crippen molar-refractivity contribution in [3.63, 3.8) is 0 Å². The minimum Gasteiger partial charge on any atom is -0.480 e. The van der Waals surface area contributed by atoms with Crippen molar-refractivity contribution < 1.29 is 13.9 Å². The predicted octanol–water partition coefficient (Wildman–Crippen LogP) is 7.02. The molecule has 3 rings (SSSR count). The number of halogens is 2. The summed E-state index contributed by atoms with van der Waals surface area (Å²) >= 11 is 7.02. The van der Waals surface area contributed by atoms with Gasteiger partial charge in [-0.25, -0.2) is 18.8 Å². The third-order valence-electron chi connectivity index (χ3n) is 4.15. The van der Waals surface area contributed by atoms with Crippen molar-refractivity contribution in [2.24, 2.45) is 4.40 Å². The van der Waals surface area contributed by atoms with E-state index in [4.69, 9.17) is 16.3 Å². The summed E-state index contributed by atoms with van der Waals surface area (Å²) in [7, 11) is 1.49. The molecule has 0 aliphatic carbocycles. The van der Waals surface area contributed by atoms with Crippen molar-refractivity contribution in [1.82, 2.24) is 9.97 Å². The molecule has 0 saturated heterocycles. The molecule has 184 valence electrons. The SMILES string of the molecule is CC.COc1ncc(Cl)cc1S/N=C1\C=C/C=C(\C)Nc2cc(NC(C)=O)ncc2\C=C\C=C\1F. The molecule has 0 spiro atoms. The summed E-state index contributed by atoms with van der Waals surface area (Å²) in [5.74, 6) is 0.00431. The lowest BCUT2D eigenvalue weighted by atomic mass is 10.1. The Balaban J connectivity index is 0.00000210. The molecule has 3 heterocycles. The molecule has 1 aliphatic rings. The van der Waals surface area contributed by atoms with E-state index < -0.39 is 5.83 Å². The molecule has 0 unspecified atom stereocenters. The van der Waals surface area contributed by atoms with E-state index in [1.54, 1.807) is 48.7 Å². The third-order valence-corrected chi connectivity index (χ3v) is 5.14. The van der Waals surface area contributed by atoms with Crippen molar-refractivity contribution in [2.75, 3.05) is 17.7 Å². The fourth-order valence-corrected chi connectivity index (χ4v) is 3.66. The molecule has 2 aromatic rings. The molecule has 2 aromatic heterocycles. The normalized spacial score (nSPS) is 19.0. The zero-order valence-electron chi connectivity index (χ0n) is 20.1. The smallest absolute Gasteiger partial charge is 0.229 e. The van der Waals surface area contributed by atoms with E-state index in [1.165, 1.54) is 26.3 Å². The van der Waals surface area contributed by atoms with E-state index in [1.807, 2.05) is 20.8 Å². The molecule has 1 amide bonds. The first-order chi connectivity index (χ1) is 16.9. The molecule has 0 aromatic carbocycles. The van der Waals surface area contributed by atoms with Crippen LogP contribution in [-0.4, -0.2) is 28.7 Å². The van der Waals surface area contributed by atoms with Crippen LogP contribution in [0.15, 0.2) is 75.7 Å². The van der Waals surface area contributed by atoms with Gasteiger partial charge < -0.3 is 15.4 Å². The number of hydrogen-bond donors (Lipinski definition) is 2. The Labute approximate surface area is 214 Å². The molecule has 2 N–H and O–H groups in total. The van der Waals surface area contributed by atoms with Gasteiger partial charge in [0.25, 0.3) is 0 Å². The number of anilines is 2. The van der Waals surface area contributed by atoms with Crippen LogP contribution in [0.3, 0.4) is 0 Å². The van der Waals surface area contributed by atoms with Crippen LogP contribution in [0.2, 0.25) is 5.02 Å². The van der Waals surface area contributed by atoms with Gasteiger partial charge in [-0.2, -0.15) is 0 Å². The number of carbonyl (C=O) groups excluding carboxylic acids is 1. The quantitative estimate of drug-likeness (QED) is 0.425. The second-order valence-corrected chi connectivity index (χ2v) is 8.02. The van der Waals surface area contributed by atoms with E-state index in [9.17, 15) is 9.18 Å². The maximum Gasteiger partial charge on any atom is 0.229 e. The minimum absolute atomic E-state index is 0.121. The lowest BCUT2D eigenvalue weighted by Gasteiger charge is -2.12. The number of aromatic nitrogens is 2. The van der Waals surface area contributed by atoms with E-state index >= 15 is 0 Å². The molecule has 35 heavy (non-hydrogen) atoms. The van der Waals surface area contributed by atoms with Gasteiger partial charge in [0.1, 0.15) is 17.4 Å². The number of fused-ring (bicyclic) bond motifs is 1. The standard InChI is InChI=1S/C23H21ClFN5O2S.C2H6/c1-14-6-4-9-19(30-33-21-10-17(24)13-27-23(21)32-3)18(25)8-5-7-16-12-26-22(29-15(2)31)11-20(16)28-14;1-2/h4-13,28H,1-3H3,(H,26,29,31);1-2H3/b7-5+,9-4-,14-6+,18-8-,30-19+;. The van der Waals surface area contributed by atoms with E-state index in [2.05, 4.69) is 25.0 Å². The lowest BCUT2D eigenvalue weighted by Crippen LogP contribution is -2.08. The molecule has 0 saturated carbocycles. The second kappa shape index (κ2) is 14.1. The van der Waals surface area contributed by atoms with Gasteiger partial charge >= 0.3 is 0 Å². The molecule has 1 aliphatic heterocycles.